The van der Waals surface area contributed by atoms with E-state index >= 15 is 0 Å². The van der Waals surface area contributed by atoms with Crippen molar-refractivity contribution in [3.63, 3.8) is 0 Å². The maximum Gasteiger partial charge on any atom is 0.129 e. The minimum absolute atomic E-state index is 0.0565. The lowest BCUT2D eigenvalue weighted by atomic mass is 9.98. The van der Waals surface area contributed by atoms with Gasteiger partial charge in [-0.3, -0.25) is 0 Å². The maximum absolute atomic E-state index is 11.0. The molecule has 6 nitrogen and oxygen atoms in total. The van der Waals surface area contributed by atoms with Crippen LogP contribution in [0.3, 0.4) is 0 Å². The third-order valence-electron chi connectivity index (χ3n) is 7.94. The topological polar surface area (TPSA) is 105 Å². The molecule has 0 bridgehead atoms. The Morgan fingerprint density at radius 3 is 2.31 bits per heavy atom. The van der Waals surface area contributed by atoms with E-state index in [4.69, 9.17) is 15.2 Å². The van der Waals surface area contributed by atoms with Crippen molar-refractivity contribution in [3.05, 3.63) is 0 Å². The largest absolute Gasteiger partial charge is 0.394 e. The van der Waals surface area contributed by atoms with Crippen LogP contribution in [0, 0.1) is 23.2 Å². The van der Waals surface area contributed by atoms with Crippen LogP contribution in [-0.2, 0) is 9.47 Å². The molecule has 0 aromatic carbocycles. The Morgan fingerprint density at radius 1 is 0.931 bits per heavy atom. The summed E-state index contributed by atoms with van der Waals surface area (Å²) in [4.78, 5) is 0. The number of hydrogen-bond donors (Lipinski definition) is 4. The molecule has 2 heterocycles. The Kier molecular flexibility index (Phi) is 6.87. The van der Waals surface area contributed by atoms with Crippen molar-refractivity contribution < 1.29 is 24.8 Å². The van der Waals surface area contributed by atoms with Gasteiger partial charge in [0.1, 0.15) is 11.5 Å². The molecule has 2 aliphatic heterocycles. The number of aliphatic hydroxyl groups excluding tert-OH is 3. The van der Waals surface area contributed by atoms with Gasteiger partial charge in [-0.2, -0.15) is 0 Å². The molecule has 4 fully saturated rings. The second kappa shape index (κ2) is 8.93. The summed E-state index contributed by atoms with van der Waals surface area (Å²) >= 11 is 1.74. The summed E-state index contributed by atoms with van der Waals surface area (Å²) in [6.45, 7) is 4.11. The quantitative estimate of drug-likeness (QED) is 0.393. The van der Waals surface area contributed by atoms with E-state index in [2.05, 4.69) is 13.8 Å². The number of thioether (sulfide) groups is 1. The Hall–Kier alpha value is 0.110. The molecule has 0 aromatic rings. The smallest absolute Gasteiger partial charge is 0.129 e. The van der Waals surface area contributed by atoms with Crippen molar-refractivity contribution in [2.24, 2.45) is 28.9 Å². The minimum atomic E-state index is -0.848. The van der Waals surface area contributed by atoms with Crippen LogP contribution in [0.15, 0.2) is 0 Å². The highest BCUT2D eigenvalue weighted by Gasteiger charge is 2.91. The van der Waals surface area contributed by atoms with Crippen LogP contribution in [0.1, 0.15) is 58.8 Å². The molecule has 2 aliphatic carbocycles. The summed E-state index contributed by atoms with van der Waals surface area (Å²) in [6, 6.07) is -0.408. The monoisotopic (exact) mass is 429 g/mol. The molecular formula is C22H39NO5S. The Bertz CT molecular complexity index is 567. The maximum atomic E-state index is 11.0. The van der Waals surface area contributed by atoms with E-state index < -0.39 is 24.4 Å². The molecule has 11 atom stereocenters. The lowest BCUT2D eigenvalue weighted by Gasteiger charge is -2.31. The molecule has 4 rings (SSSR count). The lowest BCUT2D eigenvalue weighted by Crippen LogP contribution is -2.51. The van der Waals surface area contributed by atoms with Crippen molar-refractivity contribution in [1.82, 2.24) is 0 Å². The minimum Gasteiger partial charge on any atom is -0.394 e. The summed E-state index contributed by atoms with van der Waals surface area (Å²) in [7, 11) is 0. The molecule has 0 amide bonds. The summed E-state index contributed by atoms with van der Waals surface area (Å²) in [5, 5.41) is 30.9. The normalized spacial score (nSPS) is 50.3. The van der Waals surface area contributed by atoms with Gasteiger partial charge in [0.25, 0.3) is 0 Å². The lowest BCUT2D eigenvalue weighted by molar-refractivity contribution is -0.111. The number of aliphatic hydroxyl groups is 3. The number of fused-ring (bicyclic) bond motifs is 6. The zero-order valence-corrected chi connectivity index (χ0v) is 18.6. The zero-order chi connectivity index (χ0) is 20.8. The molecule has 168 valence electrons. The molecular weight excluding hydrogens is 390 g/mol. The molecule has 4 aliphatic rings. The molecule has 2 saturated heterocycles. The third kappa shape index (κ3) is 3.69. The fourth-order valence-electron chi connectivity index (χ4n) is 6.50. The predicted octanol–water partition coefficient (Wildman–Crippen LogP) is 1.89. The molecule has 7 heteroatoms. The molecule has 29 heavy (non-hydrogen) atoms. The van der Waals surface area contributed by atoms with Gasteiger partial charge in [0.15, 0.2) is 0 Å². The first-order chi connectivity index (χ1) is 14.0. The van der Waals surface area contributed by atoms with Gasteiger partial charge in [-0.15, -0.1) is 11.8 Å². The fraction of sp³-hybridized carbons (Fsp3) is 1.00. The van der Waals surface area contributed by atoms with Gasteiger partial charge in [0.05, 0.1) is 31.0 Å². The molecule has 5 N–H and O–H groups in total. The van der Waals surface area contributed by atoms with Crippen molar-refractivity contribution >= 4 is 11.8 Å². The van der Waals surface area contributed by atoms with Gasteiger partial charge in [0.2, 0.25) is 0 Å². The SMILES string of the molecule is CCCCCCCCCSC1OC(C)C2C(C1O)C21C2OC(CO)C(O)C(N)C21. The van der Waals surface area contributed by atoms with Crippen LogP contribution in [0.4, 0.5) is 0 Å². The molecule has 0 aromatic heterocycles. The van der Waals surface area contributed by atoms with Gasteiger partial charge in [-0.1, -0.05) is 45.4 Å². The van der Waals surface area contributed by atoms with E-state index in [-0.39, 0.29) is 47.4 Å². The van der Waals surface area contributed by atoms with Crippen LogP contribution in [0.5, 0.6) is 0 Å². The van der Waals surface area contributed by atoms with Crippen molar-refractivity contribution in [3.8, 4) is 0 Å². The summed E-state index contributed by atoms with van der Waals surface area (Å²) in [5.41, 5.74) is 5.95. The van der Waals surface area contributed by atoms with Gasteiger partial charge < -0.3 is 30.5 Å². The van der Waals surface area contributed by atoms with Crippen molar-refractivity contribution in [2.75, 3.05) is 12.4 Å². The average Bonchev–Trinajstić information content (AvgIpc) is 3.58. The first-order valence-corrected chi connectivity index (χ1v) is 12.7. The van der Waals surface area contributed by atoms with Crippen LogP contribution in [0.2, 0.25) is 0 Å². The van der Waals surface area contributed by atoms with Crippen LogP contribution < -0.4 is 5.73 Å². The van der Waals surface area contributed by atoms with Gasteiger partial charge >= 0.3 is 0 Å². The van der Waals surface area contributed by atoms with Crippen LogP contribution in [0.25, 0.3) is 0 Å². The summed E-state index contributed by atoms with van der Waals surface area (Å²) in [6.07, 6.45) is 7.01. The highest BCUT2D eigenvalue weighted by Crippen LogP contribution is 2.84. The number of rotatable bonds is 10. The molecule has 2 saturated carbocycles. The van der Waals surface area contributed by atoms with Crippen LogP contribution >= 0.6 is 11.8 Å². The average molecular weight is 430 g/mol. The van der Waals surface area contributed by atoms with Gasteiger partial charge in [-0.25, -0.2) is 0 Å². The van der Waals surface area contributed by atoms with Gasteiger partial charge in [-0.05, 0) is 25.0 Å². The van der Waals surface area contributed by atoms with E-state index in [0.29, 0.717) is 0 Å². The Morgan fingerprint density at radius 2 is 1.62 bits per heavy atom. The van der Waals surface area contributed by atoms with E-state index in [1.165, 1.54) is 44.9 Å². The Balaban J connectivity index is 1.27. The first kappa shape index (κ1) is 22.3. The van der Waals surface area contributed by atoms with E-state index in [0.717, 1.165) is 5.75 Å². The fourth-order valence-corrected chi connectivity index (χ4v) is 7.72. The highest BCUT2D eigenvalue weighted by atomic mass is 32.2. The van der Waals surface area contributed by atoms with Crippen molar-refractivity contribution in [1.29, 1.82) is 0 Å². The third-order valence-corrected chi connectivity index (χ3v) is 9.19. The molecule has 11 unspecified atom stereocenters. The van der Waals surface area contributed by atoms with E-state index in [1.807, 2.05) is 0 Å². The zero-order valence-electron chi connectivity index (χ0n) is 17.8. The van der Waals surface area contributed by atoms with E-state index in [1.54, 1.807) is 11.8 Å². The number of hydrogen-bond acceptors (Lipinski definition) is 7. The standard InChI is InChI=1S/C22H39NO5S/c1-3-4-5-6-7-8-9-10-29-21-19(26)15-14(12(2)27-21)22(15)16-17(23)18(25)13(11-24)28-20(16)22/h12-21,24-26H,3-11,23H2,1-2H3. The Labute approximate surface area is 178 Å². The summed E-state index contributed by atoms with van der Waals surface area (Å²) < 4.78 is 12.2. The molecule has 0 radical (unpaired) electrons. The highest BCUT2D eigenvalue weighted by molar-refractivity contribution is 7.99. The summed E-state index contributed by atoms with van der Waals surface area (Å²) in [5.74, 6) is 1.44. The second-order valence-corrected chi connectivity index (χ2v) is 10.8. The van der Waals surface area contributed by atoms with Crippen LogP contribution in [-0.4, -0.2) is 69.7 Å². The molecule has 1 spiro atoms. The number of nitrogens with two attached hydrogens (primary N) is 1. The van der Waals surface area contributed by atoms with Gasteiger partial charge in [0, 0.05) is 23.3 Å². The second-order valence-electron chi connectivity index (χ2n) is 9.62. The van der Waals surface area contributed by atoms with E-state index in [9.17, 15) is 15.3 Å². The van der Waals surface area contributed by atoms with Crippen molar-refractivity contribution in [2.45, 2.75) is 101 Å². The number of ether oxygens (including phenoxy) is 2. The number of unbranched alkanes of at least 4 members (excludes halogenated alkanes) is 6. The first-order valence-electron chi connectivity index (χ1n) is 11.6. The predicted molar refractivity (Wildman–Crippen MR) is 113 cm³/mol.